The third-order valence-corrected chi connectivity index (χ3v) is 4.89. The van der Waals surface area contributed by atoms with Crippen LogP contribution in [-0.4, -0.2) is 22.2 Å². The highest BCUT2D eigenvalue weighted by Crippen LogP contribution is 2.33. The molecule has 1 atom stereocenters. The molecule has 1 saturated heterocycles. The van der Waals surface area contributed by atoms with E-state index < -0.39 is 4.92 Å². The first-order valence-electron chi connectivity index (χ1n) is 8.98. The molecule has 1 aliphatic rings. The molecule has 7 heteroatoms. The molecule has 0 aliphatic carbocycles. The molecule has 1 aliphatic heterocycles. The van der Waals surface area contributed by atoms with Gasteiger partial charge in [-0.3, -0.25) is 10.1 Å². The van der Waals surface area contributed by atoms with Gasteiger partial charge in [-0.15, -0.1) is 0 Å². The van der Waals surface area contributed by atoms with Crippen LogP contribution in [0.3, 0.4) is 0 Å². The van der Waals surface area contributed by atoms with Crippen LogP contribution >= 0.6 is 0 Å². The first-order valence-corrected chi connectivity index (χ1v) is 8.98. The zero-order valence-electron chi connectivity index (χ0n) is 14.9. The Kier molecular flexibility index (Phi) is 3.87. The van der Waals surface area contributed by atoms with Gasteiger partial charge >= 0.3 is 0 Å². The lowest BCUT2D eigenvalue weighted by molar-refractivity contribution is -0.384. The molecule has 0 N–H and O–H groups in total. The maximum atomic E-state index is 10.7. The molecule has 1 unspecified atom stereocenters. The lowest BCUT2D eigenvalue weighted by Gasteiger charge is -2.04. The number of azo groups is 1. The Labute approximate surface area is 160 Å². The molecule has 5 rings (SSSR count). The minimum atomic E-state index is -0.433. The Hall–Kier alpha value is -3.58. The fourth-order valence-corrected chi connectivity index (χ4v) is 3.43. The molecule has 4 aromatic rings. The maximum Gasteiger partial charge on any atom is 0.269 e. The number of aromatic nitrogens is 1. The fraction of sp³-hybridized carbons (Fsp3) is 0.143. The van der Waals surface area contributed by atoms with Crippen molar-refractivity contribution < 1.29 is 9.66 Å². The summed E-state index contributed by atoms with van der Waals surface area (Å²) in [5, 5.41) is 21.5. The van der Waals surface area contributed by atoms with Crippen molar-refractivity contribution in [2.45, 2.75) is 12.6 Å². The van der Waals surface area contributed by atoms with Gasteiger partial charge in [-0.25, -0.2) is 0 Å². The number of nitro groups is 1. The van der Waals surface area contributed by atoms with Gasteiger partial charge in [0.1, 0.15) is 0 Å². The smallest absolute Gasteiger partial charge is 0.269 e. The van der Waals surface area contributed by atoms with Gasteiger partial charge in [0.05, 0.1) is 35.6 Å². The summed E-state index contributed by atoms with van der Waals surface area (Å²) in [5.74, 6) is 0. The highest BCUT2D eigenvalue weighted by atomic mass is 16.6. The van der Waals surface area contributed by atoms with Crippen molar-refractivity contribution in [3.63, 3.8) is 0 Å². The Balaban J connectivity index is 1.52. The number of fused-ring (bicyclic) bond motifs is 3. The zero-order valence-corrected chi connectivity index (χ0v) is 14.9. The summed E-state index contributed by atoms with van der Waals surface area (Å²) in [6.45, 7) is 1.66. The van der Waals surface area contributed by atoms with E-state index >= 15 is 0 Å². The van der Waals surface area contributed by atoms with Crippen molar-refractivity contribution in [3.05, 3.63) is 76.8 Å². The molecule has 1 aromatic heterocycles. The number of epoxide rings is 1. The normalized spacial score (nSPS) is 16.2. The highest BCUT2D eigenvalue weighted by Gasteiger charge is 2.24. The minimum absolute atomic E-state index is 0.0350. The summed E-state index contributed by atoms with van der Waals surface area (Å²) in [5.41, 5.74) is 3.66. The Morgan fingerprint density at radius 2 is 1.64 bits per heavy atom. The zero-order chi connectivity index (χ0) is 19.1. The van der Waals surface area contributed by atoms with Gasteiger partial charge in [0.2, 0.25) is 0 Å². The molecular weight excluding hydrogens is 356 g/mol. The van der Waals surface area contributed by atoms with E-state index in [0.29, 0.717) is 11.8 Å². The predicted molar refractivity (Wildman–Crippen MR) is 106 cm³/mol. The summed E-state index contributed by atoms with van der Waals surface area (Å²) < 4.78 is 7.71. The number of nitro benzene ring substituents is 1. The van der Waals surface area contributed by atoms with Gasteiger partial charge in [0.15, 0.2) is 0 Å². The van der Waals surface area contributed by atoms with Crippen molar-refractivity contribution in [2.24, 2.45) is 10.2 Å². The van der Waals surface area contributed by atoms with Crippen LogP contribution in [0.1, 0.15) is 0 Å². The molecule has 0 spiro atoms. The van der Waals surface area contributed by atoms with Crippen LogP contribution < -0.4 is 0 Å². The van der Waals surface area contributed by atoms with E-state index in [1.54, 1.807) is 12.1 Å². The lowest BCUT2D eigenvalue weighted by Crippen LogP contribution is -2.03. The minimum Gasteiger partial charge on any atom is -0.371 e. The van der Waals surface area contributed by atoms with E-state index in [9.17, 15) is 10.1 Å². The van der Waals surface area contributed by atoms with E-state index in [0.717, 1.165) is 29.7 Å². The average Bonchev–Trinajstić information content (AvgIpc) is 3.50. The number of rotatable bonds is 5. The van der Waals surface area contributed by atoms with Crippen LogP contribution in [0.15, 0.2) is 77.0 Å². The van der Waals surface area contributed by atoms with Crippen LogP contribution in [0, 0.1) is 10.1 Å². The first-order chi connectivity index (χ1) is 13.7. The number of benzene rings is 3. The number of nitrogens with zero attached hydrogens (tertiary/aromatic N) is 4. The number of hydrogen-bond acceptors (Lipinski definition) is 5. The van der Waals surface area contributed by atoms with Crippen molar-refractivity contribution in [1.82, 2.24) is 4.57 Å². The van der Waals surface area contributed by atoms with Gasteiger partial charge in [-0.05, 0) is 36.4 Å². The highest BCUT2D eigenvalue weighted by molar-refractivity contribution is 6.08. The summed E-state index contributed by atoms with van der Waals surface area (Å²) in [6, 6.07) is 20.3. The average molecular weight is 372 g/mol. The number of hydrogen-bond donors (Lipinski definition) is 0. The van der Waals surface area contributed by atoms with Gasteiger partial charge in [-0.1, -0.05) is 18.2 Å². The molecule has 0 bridgehead atoms. The van der Waals surface area contributed by atoms with Gasteiger partial charge < -0.3 is 9.30 Å². The summed E-state index contributed by atoms with van der Waals surface area (Å²) in [4.78, 5) is 10.3. The largest absolute Gasteiger partial charge is 0.371 e. The Morgan fingerprint density at radius 3 is 2.39 bits per heavy atom. The second-order valence-electron chi connectivity index (χ2n) is 6.76. The first kappa shape index (κ1) is 16.6. The van der Waals surface area contributed by atoms with Gasteiger partial charge in [0, 0.05) is 33.9 Å². The number of non-ortho nitro benzene ring substituents is 1. The standard InChI is InChI=1S/C21H16N4O3/c26-25(27)16-8-5-14(6-9-16)22-23-15-7-10-21-19(11-15)18-3-1-2-4-20(18)24(21)12-17-13-28-17/h1-11,17H,12-13H2. The van der Waals surface area contributed by atoms with Crippen molar-refractivity contribution in [2.75, 3.05) is 6.61 Å². The van der Waals surface area contributed by atoms with E-state index in [-0.39, 0.29) is 5.69 Å². The van der Waals surface area contributed by atoms with Crippen LogP contribution in [0.5, 0.6) is 0 Å². The molecule has 0 amide bonds. The monoisotopic (exact) mass is 372 g/mol. The van der Waals surface area contributed by atoms with E-state index in [4.69, 9.17) is 4.74 Å². The topological polar surface area (TPSA) is 85.3 Å². The molecule has 1 fully saturated rings. The molecule has 0 saturated carbocycles. The summed E-state index contributed by atoms with van der Waals surface area (Å²) in [7, 11) is 0. The summed E-state index contributed by atoms with van der Waals surface area (Å²) in [6.07, 6.45) is 0.292. The molecule has 3 aromatic carbocycles. The quantitative estimate of drug-likeness (QED) is 0.200. The Morgan fingerprint density at radius 1 is 0.964 bits per heavy atom. The molecule has 7 nitrogen and oxygen atoms in total. The van der Waals surface area contributed by atoms with Crippen molar-refractivity contribution in [3.8, 4) is 0 Å². The third kappa shape index (κ3) is 3.01. The maximum absolute atomic E-state index is 10.7. The SMILES string of the molecule is O=[N+]([O-])c1ccc(N=Nc2ccc3c(c2)c2ccccc2n3CC2CO2)cc1. The molecule has 138 valence electrons. The second kappa shape index (κ2) is 6.54. The van der Waals surface area contributed by atoms with Crippen LogP contribution in [0.2, 0.25) is 0 Å². The molecule has 0 radical (unpaired) electrons. The Bertz CT molecular complexity index is 1220. The van der Waals surface area contributed by atoms with Crippen LogP contribution in [0.25, 0.3) is 21.8 Å². The third-order valence-electron chi connectivity index (χ3n) is 4.89. The molecular formula is C21H16N4O3. The van der Waals surface area contributed by atoms with E-state index in [1.807, 2.05) is 24.3 Å². The molecule has 2 heterocycles. The van der Waals surface area contributed by atoms with Crippen LogP contribution in [-0.2, 0) is 11.3 Å². The van der Waals surface area contributed by atoms with Crippen molar-refractivity contribution in [1.29, 1.82) is 0 Å². The van der Waals surface area contributed by atoms with E-state index in [2.05, 4.69) is 33.0 Å². The van der Waals surface area contributed by atoms with Gasteiger partial charge in [-0.2, -0.15) is 10.2 Å². The second-order valence-corrected chi connectivity index (χ2v) is 6.76. The van der Waals surface area contributed by atoms with E-state index in [1.165, 1.54) is 23.0 Å². The van der Waals surface area contributed by atoms with Gasteiger partial charge in [0.25, 0.3) is 5.69 Å². The number of para-hydroxylation sites is 1. The number of ether oxygens (including phenoxy) is 1. The van der Waals surface area contributed by atoms with Crippen LogP contribution in [0.4, 0.5) is 17.1 Å². The molecule has 28 heavy (non-hydrogen) atoms. The predicted octanol–water partition coefficient (Wildman–Crippen LogP) is 5.52. The summed E-state index contributed by atoms with van der Waals surface area (Å²) >= 11 is 0. The lowest BCUT2D eigenvalue weighted by atomic mass is 10.1. The fourth-order valence-electron chi connectivity index (χ4n) is 3.43. The van der Waals surface area contributed by atoms with Crippen molar-refractivity contribution >= 4 is 38.9 Å².